The van der Waals surface area contributed by atoms with Crippen molar-refractivity contribution in [3.05, 3.63) is 59.2 Å². The van der Waals surface area contributed by atoms with Gasteiger partial charge in [-0.2, -0.15) is 0 Å². The van der Waals surface area contributed by atoms with Gasteiger partial charge in [0.1, 0.15) is 5.75 Å². The van der Waals surface area contributed by atoms with Gasteiger partial charge in [-0.15, -0.1) is 0 Å². The number of hydrogen-bond donors (Lipinski definition) is 0. The molecule has 0 radical (unpaired) electrons. The van der Waals surface area contributed by atoms with Gasteiger partial charge in [0.2, 0.25) is 0 Å². The molecule has 4 rings (SSSR count). The van der Waals surface area contributed by atoms with Gasteiger partial charge in [0.15, 0.2) is 6.61 Å². The number of aryl methyl sites for hydroxylation is 1. The SMILES string of the molecule is CCCN(CCCCc1ccc2c(c1)OCC(=O)N2C)CCN1C(=O)c2ccccc2C1=O. The Hall–Kier alpha value is -3.19. The molecule has 0 fully saturated rings. The van der Waals surface area contributed by atoms with Gasteiger partial charge in [0, 0.05) is 20.1 Å². The van der Waals surface area contributed by atoms with Crippen LogP contribution in [0.15, 0.2) is 42.5 Å². The van der Waals surface area contributed by atoms with E-state index in [2.05, 4.69) is 17.9 Å². The number of nitrogens with zero attached hydrogens (tertiary/aromatic N) is 3. The number of benzene rings is 2. The first-order chi connectivity index (χ1) is 16.0. The molecule has 7 heteroatoms. The first kappa shape index (κ1) is 23.0. The minimum absolute atomic E-state index is 0.0347. The van der Waals surface area contributed by atoms with Gasteiger partial charge in [-0.05, 0) is 68.6 Å². The number of amides is 3. The lowest BCUT2D eigenvalue weighted by Crippen LogP contribution is -2.39. The molecule has 2 aliphatic rings. The van der Waals surface area contributed by atoms with Gasteiger partial charge in [0.05, 0.1) is 16.8 Å². The number of hydrogen-bond acceptors (Lipinski definition) is 5. The van der Waals surface area contributed by atoms with Crippen LogP contribution in [-0.4, -0.2) is 67.4 Å². The summed E-state index contributed by atoms with van der Waals surface area (Å²) in [5.74, 6) is 0.360. The molecule has 3 amide bonds. The number of unbranched alkanes of at least 4 members (excludes halogenated alkanes) is 1. The van der Waals surface area contributed by atoms with Crippen LogP contribution in [0, 0.1) is 0 Å². The van der Waals surface area contributed by atoms with E-state index < -0.39 is 0 Å². The van der Waals surface area contributed by atoms with Crippen molar-refractivity contribution in [3.8, 4) is 5.75 Å². The number of fused-ring (bicyclic) bond motifs is 2. The molecule has 0 bridgehead atoms. The Labute approximate surface area is 194 Å². The van der Waals surface area contributed by atoms with E-state index >= 15 is 0 Å². The molecular formula is C26H31N3O4. The van der Waals surface area contributed by atoms with Crippen molar-refractivity contribution in [2.24, 2.45) is 0 Å². The molecule has 2 aliphatic heterocycles. The summed E-state index contributed by atoms with van der Waals surface area (Å²) >= 11 is 0. The second-order valence-electron chi connectivity index (χ2n) is 8.65. The quantitative estimate of drug-likeness (QED) is 0.411. The molecule has 2 aromatic rings. The van der Waals surface area contributed by atoms with E-state index in [4.69, 9.17) is 4.74 Å². The van der Waals surface area contributed by atoms with E-state index in [1.165, 1.54) is 10.5 Å². The predicted octanol–water partition coefficient (Wildman–Crippen LogP) is 3.37. The van der Waals surface area contributed by atoms with Crippen LogP contribution in [0.5, 0.6) is 5.75 Å². The fraction of sp³-hybridized carbons (Fsp3) is 0.423. The summed E-state index contributed by atoms with van der Waals surface area (Å²) < 4.78 is 5.59. The lowest BCUT2D eigenvalue weighted by Gasteiger charge is -2.26. The van der Waals surface area contributed by atoms with Crippen molar-refractivity contribution in [2.45, 2.75) is 32.6 Å². The van der Waals surface area contributed by atoms with E-state index in [1.54, 1.807) is 36.2 Å². The zero-order chi connectivity index (χ0) is 23.4. The number of rotatable bonds is 10. The summed E-state index contributed by atoms with van der Waals surface area (Å²) in [5, 5.41) is 0. The smallest absolute Gasteiger partial charge is 0.264 e. The van der Waals surface area contributed by atoms with E-state index in [0.717, 1.165) is 50.2 Å². The Morgan fingerprint density at radius 1 is 0.939 bits per heavy atom. The number of likely N-dealkylation sites (N-methyl/N-ethyl adjacent to an activating group) is 1. The van der Waals surface area contributed by atoms with E-state index in [-0.39, 0.29) is 24.3 Å². The number of carbonyl (C=O) groups is 3. The van der Waals surface area contributed by atoms with Crippen LogP contribution in [0.25, 0.3) is 0 Å². The third-order valence-electron chi connectivity index (χ3n) is 6.36. The van der Waals surface area contributed by atoms with E-state index in [1.807, 2.05) is 12.1 Å². The Morgan fingerprint density at radius 2 is 1.67 bits per heavy atom. The van der Waals surface area contributed by atoms with Gasteiger partial charge in [0.25, 0.3) is 17.7 Å². The van der Waals surface area contributed by atoms with Gasteiger partial charge in [-0.3, -0.25) is 19.3 Å². The molecule has 7 nitrogen and oxygen atoms in total. The molecule has 0 spiro atoms. The van der Waals surface area contributed by atoms with Crippen molar-refractivity contribution < 1.29 is 19.1 Å². The van der Waals surface area contributed by atoms with Gasteiger partial charge >= 0.3 is 0 Å². The summed E-state index contributed by atoms with van der Waals surface area (Å²) in [5.41, 5.74) is 3.03. The number of imide groups is 1. The van der Waals surface area contributed by atoms with E-state index in [9.17, 15) is 14.4 Å². The summed E-state index contributed by atoms with van der Waals surface area (Å²) in [6, 6.07) is 13.1. The van der Waals surface area contributed by atoms with Crippen molar-refractivity contribution in [2.75, 3.05) is 44.7 Å². The summed E-state index contributed by atoms with van der Waals surface area (Å²) in [6.45, 7) is 5.20. The van der Waals surface area contributed by atoms with Crippen molar-refractivity contribution in [3.63, 3.8) is 0 Å². The zero-order valence-electron chi connectivity index (χ0n) is 19.4. The molecule has 0 N–H and O–H groups in total. The van der Waals surface area contributed by atoms with Crippen molar-refractivity contribution in [1.29, 1.82) is 0 Å². The minimum Gasteiger partial charge on any atom is -0.482 e. The Morgan fingerprint density at radius 3 is 2.36 bits per heavy atom. The second-order valence-corrected chi connectivity index (χ2v) is 8.65. The van der Waals surface area contributed by atoms with Crippen LogP contribution in [0.3, 0.4) is 0 Å². The van der Waals surface area contributed by atoms with Crippen LogP contribution in [0.1, 0.15) is 52.5 Å². The first-order valence-corrected chi connectivity index (χ1v) is 11.7. The lowest BCUT2D eigenvalue weighted by molar-refractivity contribution is -0.121. The molecule has 0 saturated heterocycles. The Balaban J connectivity index is 1.25. The molecule has 2 aromatic carbocycles. The molecule has 0 unspecified atom stereocenters. The van der Waals surface area contributed by atoms with Gasteiger partial charge in [-0.1, -0.05) is 25.1 Å². The van der Waals surface area contributed by atoms with Crippen LogP contribution in [0.2, 0.25) is 0 Å². The van der Waals surface area contributed by atoms with E-state index in [0.29, 0.717) is 24.2 Å². The lowest BCUT2D eigenvalue weighted by atomic mass is 10.1. The monoisotopic (exact) mass is 449 g/mol. The molecule has 0 aromatic heterocycles. The molecular weight excluding hydrogens is 418 g/mol. The molecule has 174 valence electrons. The Kier molecular flexibility index (Phi) is 7.08. The van der Waals surface area contributed by atoms with Crippen LogP contribution < -0.4 is 9.64 Å². The summed E-state index contributed by atoms with van der Waals surface area (Å²) in [4.78, 5) is 42.3. The fourth-order valence-electron chi connectivity index (χ4n) is 4.48. The average Bonchev–Trinajstić information content (AvgIpc) is 3.07. The topological polar surface area (TPSA) is 70.2 Å². The Bertz CT molecular complexity index is 1020. The third-order valence-corrected chi connectivity index (χ3v) is 6.36. The minimum atomic E-state index is -0.186. The maximum absolute atomic E-state index is 12.6. The third kappa shape index (κ3) is 4.93. The summed E-state index contributed by atoms with van der Waals surface area (Å²) in [6.07, 6.45) is 4.02. The first-order valence-electron chi connectivity index (χ1n) is 11.7. The van der Waals surface area contributed by atoms with Crippen LogP contribution in [-0.2, 0) is 11.2 Å². The van der Waals surface area contributed by atoms with Gasteiger partial charge in [-0.25, -0.2) is 0 Å². The predicted molar refractivity (Wildman–Crippen MR) is 127 cm³/mol. The molecule has 0 saturated carbocycles. The number of ether oxygens (including phenoxy) is 1. The highest BCUT2D eigenvalue weighted by molar-refractivity contribution is 6.21. The number of carbonyl (C=O) groups excluding carboxylic acids is 3. The maximum atomic E-state index is 12.6. The second kappa shape index (κ2) is 10.2. The molecule has 0 aliphatic carbocycles. The summed E-state index contributed by atoms with van der Waals surface area (Å²) in [7, 11) is 1.77. The average molecular weight is 450 g/mol. The normalized spacial score (nSPS) is 15.2. The van der Waals surface area contributed by atoms with Crippen molar-refractivity contribution in [1.82, 2.24) is 9.80 Å². The van der Waals surface area contributed by atoms with Crippen LogP contribution in [0.4, 0.5) is 5.69 Å². The fourth-order valence-corrected chi connectivity index (χ4v) is 4.48. The highest BCUT2D eigenvalue weighted by atomic mass is 16.5. The van der Waals surface area contributed by atoms with Crippen molar-refractivity contribution >= 4 is 23.4 Å². The van der Waals surface area contributed by atoms with Crippen LogP contribution >= 0.6 is 0 Å². The molecule has 0 atom stereocenters. The molecule has 33 heavy (non-hydrogen) atoms. The standard InChI is InChI=1S/C26H31N3O4/c1-3-13-28(15-16-29-25(31)20-9-4-5-10-21(20)26(29)32)14-7-6-8-19-11-12-22-23(17-19)33-18-24(30)27(22)2/h4-5,9-12,17H,3,6-8,13-16,18H2,1-2H3. The highest BCUT2D eigenvalue weighted by Gasteiger charge is 2.34. The zero-order valence-corrected chi connectivity index (χ0v) is 19.4. The maximum Gasteiger partial charge on any atom is 0.264 e. The molecule has 2 heterocycles. The number of anilines is 1. The highest BCUT2D eigenvalue weighted by Crippen LogP contribution is 2.32. The van der Waals surface area contributed by atoms with Gasteiger partial charge < -0.3 is 14.5 Å². The largest absolute Gasteiger partial charge is 0.482 e.